The molecule has 1 aromatic rings. The third-order valence-electron chi connectivity index (χ3n) is 3.54. The minimum atomic E-state index is 0.329. The van der Waals surface area contributed by atoms with Crippen molar-refractivity contribution in [2.45, 2.75) is 33.7 Å². The SMILES string of the molecule is Cc1ccc(N2CC(C)(C)CNCC2C)cc1. The van der Waals surface area contributed by atoms with Crippen LogP contribution in [0.1, 0.15) is 26.3 Å². The Morgan fingerprint density at radius 2 is 1.88 bits per heavy atom. The Bertz CT molecular complexity index is 367. The molecule has 0 radical (unpaired) electrons. The second-order valence-electron chi connectivity index (χ2n) is 6.11. The van der Waals surface area contributed by atoms with Crippen LogP contribution in [0, 0.1) is 12.3 Å². The van der Waals surface area contributed by atoms with Crippen molar-refractivity contribution in [2.24, 2.45) is 5.41 Å². The Balaban J connectivity index is 2.24. The fraction of sp³-hybridized carbons (Fsp3) is 0.600. The average molecular weight is 232 g/mol. The molecule has 0 bridgehead atoms. The second kappa shape index (κ2) is 4.69. The molecule has 0 saturated carbocycles. The van der Waals surface area contributed by atoms with Gasteiger partial charge >= 0.3 is 0 Å². The van der Waals surface area contributed by atoms with Crippen LogP contribution in [0.5, 0.6) is 0 Å². The van der Waals surface area contributed by atoms with E-state index in [-0.39, 0.29) is 0 Å². The highest BCUT2D eigenvalue weighted by molar-refractivity contribution is 5.49. The maximum atomic E-state index is 3.56. The molecule has 94 valence electrons. The van der Waals surface area contributed by atoms with Crippen LogP contribution >= 0.6 is 0 Å². The van der Waals surface area contributed by atoms with Gasteiger partial charge in [0.1, 0.15) is 0 Å². The summed E-state index contributed by atoms with van der Waals surface area (Å²) in [6.45, 7) is 12.4. The lowest BCUT2D eigenvalue weighted by atomic mass is 9.93. The van der Waals surface area contributed by atoms with Gasteiger partial charge in [-0.3, -0.25) is 0 Å². The van der Waals surface area contributed by atoms with E-state index in [1.807, 2.05) is 0 Å². The molecule has 1 heterocycles. The molecule has 2 heteroatoms. The fourth-order valence-corrected chi connectivity index (χ4v) is 2.48. The van der Waals surface area contributed by atoms with Crippen LogP contribution in [0.4, 0.5) is 5.69 Å². The predicted octanol–water partition coefficient (Wildman–Crippen LogP) is 2.82. The smallest absolute Gasteiger partial charge is 0.0386 e. The Morgan fingerprint density at radius 3 is 2.53 bits per heavy atom. The van der Waals surface area contributed by atoms with Gasteiger partial charge in [0.2, 0.25) is 0 Å². The number of nitrogens with zero attached hydrogens (tertiary/aromatic N) is 1. The Kier molecular flexibility index (Phi) is 3.43. The van der Waals surface area contributed by atoms with Crippen LogP contribution in [-0.4, -0.2) is 25.7 Å². The van der Waals surface area contributed by atoms with Crippen molar-refractivity contribution in [1.29, 1.82) is 0 Å². The molecule has 2 nitrogen and oxygen atoms in total. The van der Waals surface area contributed by atoms with Crippen molar-refractivity contribution in [3.8, 4) is 0 Å². The summed E-state index contributed by atoms with van der Waals surface area (Å²) in [5.41, 5.74) is 3.00. The number of aryl methyl sites for hydroxylation is 1. The van der Waals surface area contributed by atoms with Crippen LogP contribution in [0.25, 0.3) is 0 Å². The van der Waals surface area contributed by atoms with Crippen molar-refractivity contribution in [3.63, 3.8) is 0 Å². The number of hydrogen-bond acceptors (Lipinski definition) is 2. The third kappa shape index (κ3) is 3.01. The van der Waals surface area contributed by atoms with Gasteiger partial charge in [0.05, 0.1) is 0 Å². The molecule has 1 fully saturated rings. The lowest BCUT2D eigenvalue weighted by molar-refractivity contribution is 0.369. The fourth-order valence-electron chi connectivity index (χ4n) is 2.48. The second-order valence-corrected chi connectivity index (χ2v) is 6.11. The summed E-state index contributed by atoms with van der Waals surface area (Å²) in [6.07, 6.45) is 0. The summed E-state index contributed by atoms with van der Waals surface area (Å²) < 4.78 is 0. The number of hydrogen-bond donors (Lipinski definition) is 1. The maximum Gasteiger partial charge on any atom is 0.0386 e. The summed E-state index contributed by atoms with van der Waals surface area (Å²) in [7, 11) is 0. The number of nitrogens with one attached hydrogen (secondary N) is 1. The highest BCUT2D eigenvalue weighted by atomic mass is 15.2. The van der Waals surface area contributed by atoms with Gasteiger partial charge in [-0.1, -0.05) is 31.5 Å². The predicted molar refractivity (Wildman–Crippen MR) is 74.6 cm³/mol. The van der Waals surface area contributed by atoms with Gasteiger partial charge in [0.25, 0.3) is 0 Å². The summed E-state index contributed by atoms with van der Waals surface area (Å²) >= 11 is 0. The summed E-state index contributed by atoms with van der Waals surface area (Å²) in [5, 5.41) is 3.56. The topological polar surface area (TPSA) is 15.3 Å². The summed E-state index contributed by atoms with van der Waals surface area (Å²) in [6, 6.07) is 9.45. The van der Waals surface area contributed by atoms with Crippen molar-refractivity contribution < 1.29 is 0 Å². The first-order chi connectivity index (χ1) is 7.98. The van der Waals surface area contributed by atoms with Crippen LogP contribution in [0.15, 0.2) is 24.3 Å². The Labute approximate surface area is 105 Å². The van der Waals surface area contributed by atoms with Crippen molar-refractivity contribution in [1.82, 2.24) is 5.32 Å². The Hall–Kier alpha value is -1.02. The van der Waals surface area contributed by atoms with E-state index in [2.05, 4.69) is 62.2 Å². The van der Waals surface area contributed by atoms with Crippen molar-refractivity contribution in [2.75, 3.05) is 24.5 Å². The van der Waals surface area contributed by atoms with Crippen LogP contribution in [-0.2, 0) is 0 Å². The number of rotatable bonds is 1. The minimum Gasteiger partial charge on any atom is -0.367 e. The van der Waals surface area contributed by atoms with E-state index in [1.54, 1.807) is 0 Å². The van der Waals surface area contributed by atoms with E-state index >= 15 is 0 Å². The molecule has 2 rings (SSSR count). The zero-order valence-electron chi connectivity index (χ0n) is 11.5. The van der Waals surface area contributed by atoms with Gasteiger partial charge in [-0.15, -0.1) is 0 Å². The van der Waals surface area contributed by atoms with Gasteiger partial charge in [-0.25, -0.2) is 0 Å². The number of anilines is 1. The van der Waals surface area contributed by atoms with E-state index in [0.717, 1.165) is 19.6 Å². The van der Waals surface area contributed by atoms with Crippen molar-refractivity contribution in [3.05, 3.63) is 29.8 Å². The molecule has 1 N–H and O–H groups in total. The van der Waals surface area contributed by atoms with Crippen LogP contribution < -0.4 is 10.2 Å². The molecule has 1 saturated heterocycles. The van der Waals surface area contributed by atoms with Gasteiger partial charge < -0.3 is 10.2 Å². The molecular formula is C15H24N2. The molecule has 0 spiro atoms. The van der Waals surface area contributed by atoms with Gasteiger partial charge in [0.15, 0.2) is 0 Å². The van der Waals surface area contributed by atoms with E-state index < -0.39 is 0 Å². The molecule has 0 aromatic heterocycles. The first-order valence-electron chi connectivity index (χ1n) is 6.52. The first-order valence-corrected chi connectivity index (χ1v) is 6.52. The lowest BCUT2D eigenvalue weighted by Crippen LogP contribution is -2.39. The standard InChI is InChI=1S/C15H24N2/c1-12-5-7-14(8-6-12)17-11-15(3,4)10-16-9-13(17)2/h5-8,13,16H,9-11H2,1-4H3. The average Bonchev–Trinajstić information content (AvgIpc) is 2.39. The largest absolute Gasteiger partial charge is 0.367 e. The third-order valence-corrected chi connectivity index (χ3v) is 3.54. The highest BCUT2D eigenvalue weighted by Gasteiger charge is 2.28. The summed E-state index contributed by atoms with van der Waals surface area (Å²) in [4.78, 5) is 2.53. The quantitative estimate of drug-likeness (QED) is 0.801. The van der Waals surface area contributed by atoms with Gasteiger partial charge in [0, 0.05) is 31.4 Å². The molecular weight excluding hydrogens is 208 g/mol. The lowest BCUT2D eigenvalue weighted by Gasteiger charge is -2.34. The zero-order valence-corrected chi connectivity index (χ0v) is 11.5. The van der Waals surface area contributed by atoms with E-state index in [0.29, 0.717) is 11.5 Å². The minimum absolute atomic E-state index is 0.329. The molecule has 17 heavy (non-hydrogen) atoms. The van der Waals surface area contributed by atoms with Gasteiger partial charge in [-0.2, -0.15) is 0 Å². The van der Waals surface area contributed by atoms with E-state index in [4.69, 9.17) is 0 Å². The van der Waals surface area contributed by atoms with Crippen LogP contribution in [0.2, 0.25) is 0 Å². The normalized spacial score (nSPS) is 24.5. The highest BCUT2D eigenvalue weighted by Crippen LogP contribution is 2.26. The van der Waals surface area contributed by atoms with Crippen molar-refractivity contribution >= 4 is 5.69 Å². The molecule has 1 aliphatic rings. The first kappa shape index (κ1) is 12.4. The molecule has 1 unspecified atom stereocenters. The molecule has 0 amide bonds. The molecule has 1 aromatic carbocycles. The Morgan fingerprint density at radius 1 is 1.24 bits per heavy atom. The number of benzene rings is 1. The molecule has 0 aliphatic carbocycles. The maximum absolute atomic E-state index is 3.56. The zero-order chi connectivity index (χ0) is 12.5. The van der Waals surface area contributed by atoms with E-state index in [1.165, 1.54) is 11.3 Å². The van der Waals surface area contributed by atoms with Crippen LogP contribution in [0.3, 0.4) is 0 Å². The van der Waals surface area contributed by atoms with E-state index in [9.17, 15) is 0 Å². The molecule has 1 atom stereocenters. The summed E-state index contributed by atoms with van der Waals surface area (Å²) in [5.74, 6) is 0. The monoisotopic (exact) mass is 232 g/mol. The molecule has 1 aliphatic heterocycles. The van der Waals surface area contributed by atoms with Gasteiger partial charge in [-0.05, 0) is 31.4 Å².